The summed E-state index contributed by atoms with van der Waals surface area (Å²) in [6, 6.07) is 1.07. The van der Waals surface area contributed by atoms with Gasteiger partial charge in [-0.15, -0.1) is 11.6 Å². The summed E-state index contributed by atoms with van der Waals surface area (Å²) < 4.78 is 6.15. The van der Waals surface area contributed by atoms with Crippen LogP contribution in [0.1, 0.15) is 6.23 Å². The van der Waals surface area contributed by atoms with Crippen LogP contribution in [0, 0.1) is 0 Å². The van der Waals surface area contributed by atoms with E-state index in [2.05, 4.69) is 0 Å². The van der Waals surface area contributed by atoms with Gasteiger partial charge >= 0.3 is 5.69 Å². The van der Waals surface area contributed by atoms with Crippen LogP contribution in [-0.2, 0) is 9.53 Å². The number of halogens is 1. The van der Waals surface area contributed by atoms with Gasteiger partial charge in [0.25, 0.3) is 5.56 Å². The highest BCUT2D eigenvalue weighted by Gasteiger charge is 2.55. The van der Waals surface area contributed by atoms with Crippen molar-refractivity contribution in [3.05, 3.63) is 33.1 Å². The van der Waals surface area contributed by atoms with Gasteiger partial charge in [0, 0.05) is 12.3 Å². The van der Waals surface area contributed by atoms with Crippen molar-refractivity contribution in [3.63, 3.8) is 0 Å². The largest absolute Gasteiger partial charge is 0.393 e. The van der Waals surface area contributed by atoms with E-state index in [1.54, 1.807) is 0 Å². The van der Waals surface area contributed by atoms with Gasteiger partial charge in [0.2, 0.25) is 0 Å². The van der Waals surface area contributed by atoms with Gasteiger partial charge in [0.1, 0.15) is 11.5 Å². The fourth-order valence-electron chi connectivity index (χ4n) is 1.89. The minimum Gasteiger partial charge on any atom is -0.393 e. The molecule has 9 heteroatoms. The molecule has 0 unspecified atom stereocenters. The molecule has 1 saturated heterocycles. The average Bonchev–Trinajstić information content (AvgIpc) is 2.64. The third kappa shape index (κ3) is 2.12. The lowest BCUT2D eigenvalue weighted by Gasteiger charge is -2.22. The number of carbonyl (C=O) groups is 1. The van der Waals surface area contributed by atoms with Crippen molar-refractivity contribution in [1.29, 1.82) is 0 Å². The van der Waals surface area contributed by atoms with E-state index in [4.69, 9.17) is 21.4 Å². The number of rotatable bonds is 3. The molecule has 2 heterocycles. The van der Waals surface area contributed by atoms with Crippen molar-refractivity contribution in [2.24, 2.45) is 0 Å². The molecule has 0 amide bonds. The number of aromatic nitrogens is 2. The number of ether oxygens (including phenoxy) is 1. The third-order valence-corrected chi connectivity index (χ3v) is 3.44. The summed E-state index contributed by atoms with van der Waals surface area (Å²) in [7, 11) is 0. The number of aliphatic hydroxyl groups excluding tert-OH is 2. The molecule has 1 aromatic rings. The number of aliphatic hydroxyl groups is 2. The van der Waals surface area contributed by atoms with Gasteiger partial charge in [0.05, 0.1) is 6.61 Å². The maximum absolute atomic E-state index is 11.6. The zero-order valence-electron chi connectivity index (χ0n) is 9.52. The van der Waals surface area contributed by atoms with Gasteiger partial charge in [-0.05, 0) is 0 Å². The van der Waals surface area contributed by atoms with Crippen molar-refractivity contribution in [1.82, 2.24) is 9.55 Å². The summed E-state index contributed by atoms with van der Waals surface area (Å²) >= 11 is 5.92. The third-order valence-electron chi connectivity index (χ3n) is 2.99. The van der Waals surface area contributed by atoms with E-state index < -0.39 is 41.2 Å². The first-order chi connectivity index (χ1) is 8.95. The quantitative estimate of drug-likeness (QED) is 0.436. The summed E-state index contributed by atoms with van der Waals surface area (Å²) in [5.74, 6) is 0. The van der Waals surface area contributed by atoms with Crippen LogP contribution in [-0.4, -0.2) is 49.7 Å². The molecule has 0 aromatic carbocycles. The normalized spacial score (nSPS) is 34.4. The summed E-state index contributed by atoms with van der Waals surface area (Å²) in [5, 5.41) is 17.9. The molecule has 0 bridgehead atoms. The van der Waals surface area contributed by atoms with Gasteiger partial charge in [-0.1, -0.05) is 0 Å². The number of aldehydes is 1. The van der Waals surface area contributed by atoms with Crippen LogP contribution in [0.2, 0.25) is 0 Å². The Bertz CT molecular complexity index is 598. The molecule has 1 aromatic heterocycles. The molecule has 8 nitrogen and oxygen atoms in total. The Morgan fingerprint density at radius 2 is 2.26 bits per heavy atom. The van der Waals surface area contributed by atoms with Gasteiger partial charge in [-0.3, -0.25) is 19.1 Å². The van der Waals surface area contributed by atoms with Crippen molar-refractivity contribution in [2.45, 2.75) is 23.3 Å². The molecule has 1 aliphatic rings. The highest BCUT2D eigenvalue weighted by atomic mass is 35.5. The fraction of sp³-hybridized carbons (Fsp3) is 0.500. The van der Waals surface area contributed by atoms with Crippen LogP contribution in [0.5, 0.6) is 0 Å². The number of aromatic amines is 1. The molecular formula is C10H11ClN2O6. The van der Waals surface area contributed by atoms with Crippen molar-refractivity contribution in [2.75, 3.05) is 6.61 Å². The van der Waals surface area contributed by atoms with Gasteiger partial charge in [0.15, 0.2) is 18.1 Å². The van der Waals surface area contributed by atoms with Crippen LogP contribution in [0.4, 0.5) is 0 Å². The number of nitrogens with zero attached hydrogens (tertiary/aromatic N) is 1. The number of carbonyl (C=O) groups excluding carboxylic acids is 1. The Morgan fingerprint density at radius 1 is 1.58 bits per heavy atom. The number of hydrogen-bond donors (Lipinski definition) is 3. The predicted molar refractivity (Wildman–Crippen MR) is 63.0 cm³/mol. The van der Waals surface area contributed by atoms with E-state index in [1.807, 2.05) is 4.98 Å². The zero-order valence-corrected chi connectivity index (χ0v) is 10.3. The molecule has 104 valence electrons. The van der Waals surface area contributed by atoms with E-state index >= 15 is 0 Å². The Balaban J connectivity index is 2.45. The minimum absolute atomic E-state index is 0.240. The van der Waals surface area contributed by atoms with E-state index in [-0.39, 0.29) is 6.29 Å². The molecule has 3 N–H and O–H groups in total. The number of alkyl halides is 1. The number of hydrogen-bond acceptors (Lipinski definition) is 6. The summed E-state index contributed by atoms with van der Waals surface area (Å²) in [6.07, 6.45) is -1.30. The first-order valence-electron chi connectivity index (χ1n) is 5.34. The first-order valence-corrected chi connectivity index (χ1v) is 5.77. The van der Waals surface area contributed by atoms with Crippen LogP contribution < -0.4 is 11.2 Å². The minimum atomic E-state index is -1.88. The highest BCUT2D eigenvalue weighted by Crippen LogP contribution is 2.38. The van der Waals surface area contributed by atoms with E-state index in [0.29, 0.717) is 0 Å². The topological polar surface area (TPSA) is 122 Å². The molecule has 19 heavy (non-hydrogen) atoms. The molecule has 0 aliphatic carbocycles. The van der Waals surface area contributed by atoms with Crippen molar-refractivity contribution < 1.29 is 19.7 Å². The molecule has 1 fully saturated rings. The summed E-state index contributed by atoms with van der Waals surface area (Å²) in [6.45, 7) is -0.782. The maximum atomic E-state index is 11.6. The average molecular weight is 291 g/mol. The van der Waals surface area contributed by atoms with Crippen LogP contribution >= 0.6 is 11.6 Å². The van der Waals surface area contributed by atoms with E-state index in [9.17, 15) is 19.5 Å². The summed E-state index contributed by atoms with van der Waals surface area (Å²) in [5.41, 5.74) is -3.28. The lowest BCUT2D eigenvalue weighted by atomic mass is 9.99. The maximum Gasteiger partial charge on any atom is 0.330 e. The van der Waals surface area contributed by atoms with Gasteiger partial charge in [-0.2, -0.15) is 0 Å². The SMILES string of the molecule is O=C[C@]1(CO)O[C@@H](n2ccc(=O)[nH]c2=O)[C@H](Cl)[C@@H]1O. The summed E-state index contributed by atoms with van der Waals surface area (Å²) in [4.78, 5) is 35.5. The molecule has 4 atom stereocenters. The Hall–Kier alpha value is -1.48. The van der Waals surface area contributed by atoms with E-state index in [1.165, 1.54) is 0 Å². The van der Waals surface area contributed by atoms with Gasteiger partial charge in [-0.25, -0.2) is 4.79 Å². The fourth-order valence-corrected chi connectivity index (χ4v) is 2.27. The second-order valence-electron chi connectivity index (χ2n) is 4.15. The Labute approximate surface area is 111 Å². The second kappa shape index (κ2) is 4.89. The zero-order chi connectivity index (χ0) is 14.2. The van der Waals surface area contributed by atoms with Crippen LogP contribution in [0.25, 0.3) is 0 Å². The van der Waals surface area contributed by atoms with Crippen LogP contribution in [0.15, 0.2) is 21.9 Å². The second-order valence-corrected chi connectivity index (χ2v) is 4.65. The van der Waals surface area contributed by atoms with Crippen molar-refractivity contribution >= 4 is 17.9 Å². The van der Waals surface area contributed by atoms with Crippen molar-refractivity contribution in [3.8, 4) is 0 Å². The Morgan fingerprint density at radius 3 is 2.74 bits per heavy atom. The lowest BCUT2D eigenvalue weighted by molar-refractivity contribution is -0.151. The molecule has 0 saturated carbocycles. The molecule has 2 rings (SSSR count). The Kier molecular flexibility index (Phi) is 3.59. The predicted octanol–water partition coefficient (Wildman–Crippen LogP) is -2.04. The highest BCUT2D eigenvalue weighted by molar-refractivity contribution is 6.21. The lowest BCUT2D eigenvalue weighted by Crippen LogP contribution is -2.46. The first kappa shape index (κ1) is 13.9. The standard InChI is InChI=1S/C10H11ClN2O6/c11-6-7(17)10(3-14,4-15)19-8(6)13-2-1-5(16)12-9(13)18/h1-3,6-8,15,17H,4H2,(H,12,16,18)/t6-,7+,8-,10-/m1/s1. The molecule has 0 radical (unpaired) electrons. The molecular weight excluding hydrogens is 280 g/mol. The van der Waals surface area contributed by atoms with Gasteiger partial charge < -0.3 is 14.9 Å². The molecule has 0 spiro atoms. The number of H-pyrrole nitrogens is 1. The van der Waals surface area contributed by atoms with Crippen LogP contribution in [0.3, 0.4) is 0 Å². The monoisotopic (exact) mass is 290 g/mol. The van der Waals surface area contributed by atoms with E-state index in [0.717, 1.165) is 16.8 Å². The number of nitrogens with one attached hydrogen (secondary N) is 1. The molecule has 1 aliphatic heterocycles. The smallest absolute Gasteiger partial charge is 0.330 e.